The van der Waals surface area contributed by atoms with Crippen LogP contribution in [0.2, 0.25) is 0 Å². The topological polar surface area (TPSA) is 55.3 Å². The molecular formula is C19H27N3O2. The lowest BCUT2D eigenvalue weighted by atomic mass is 10.1. The first kappa shape index (κ1) is 19.8. The minimum Gasteiger partial charge on any atom is -0.490 e. The fraction of sp³-hybridized carbons (Fsp3) is 0.421. The highest BCUT2D eigenvalue weighted by Crippen LogP contribution is 2.18. The number of nitrogens with zero attached hydrogens (tertiary/aromatic N) is 3. The quantitative estimate of drug-likeness (QED) is 0.572. The molecule has 2 aromatic rings. The van der Waals surface area contributed by atoms with Gasteiger partial charge in [0, 0.05) is 17.7 Å². The Labute approximate surface area is 144 Å². The fourth-order valence-electron chi connectivity index (χ4n) is 1.99. The lowest BCUT2D eigenvalue weighted by Crippen LogP contribution is -2.15. The normalized spacial score (nSPS) is 10.1. The second-order valence-electron chi connectivity index (χ2n) is 5.38. The van der Waals surface area contributed by atoms with E-state index in [1.807, 2.05) is 40.1 Å². The number of carbonyl (C=O) groups is 1. The number of Topliss-reactive ketones (excluding diaryl/α,β-unsaturated/α-hetero) is 1. The highest BCUT2D eigenvalue weighted by molar-refractivity contribution is 5.95. The molecule has 0 fully saturated rings. The molecule has 0 saturated heterocycles. The van der Waals surface area contributed by atoms with E-state index in [1.165, 1.54) is 0 Å². The Morgan fingerprint density at radius 1 is 1.17 bits per heavy atom. The van der Waals surface area contributed by atoms with Crippen LogP contribution >= 0.6 is 0 Å². The molecule has 0 spiro atoms. The highest BCUT2D eigenvalue weighted by Gasteiger charge is 2.05. The minimum absolute atomic E-state index is 0.0303. The van der Waals surface area contributed by atoms with E-state index < -0.39 is 0 Å². The molecule has 5 nitrogen and oxygen atoms in total. The van der Waals surface area contributed by atoms with Gasteiger partial charge in [0.15, 0.2) is 17.4 Å². The van der Waals surface area contributed by atoms with Crippen LogP contribution in [0, 0.1) is 0 Å². The maximum Gasteiger partial charge on any atom is 0.159 e. The molecule has 1 aromatic carbocycles. The fourth-order valence-corrected chi connectivity index (χ4v) is 1.99. The van der Waals surface area contributed by atoms with Gasteiger partial charge in [-0.1, -0.05) is 32.0 Å². The first-order chi connectivity index (χ1) is 11.6. The van der Waals surface area contributed by atoms with Gasteiger partial charge in [-0.3, -0.25) is 4.79 Å². The Morgan fingerprint density at radius 3 is 2.42 bits per heavy atom. The van der Waals surface area contributed by atoms with Crippen LogP contribution in [0.1, 0.15) is 37.6 Å². The maximum atomic E-state index is 11.4. The summed E-state index contributed by atoms with van der Waals surface area (Å²) in [4.78, 5) is 22.1. The summed E-state index contributed by atoms with van der Waals surface area (Å²) < 4.78 is 5.60. The molecule has 0 N–H and O–H groups in total. The number of rotatable bonds is 7. The number of carbonyl (C=O) groups excluding carboxylic acids is 1. The first-order valence-corrected chi connectivity index (χ1v) is 8.27. The predicted octanol–water partition coefficient (Wildman–Crippen LogP) is 3.70. The van der Waals surface area contributed by atoms with Crippen molar-refractivity contribution < 1.29 is 9.53 Å². The molecule has 2 rings (SSSR count). The molecule has 0 bridgehead atoms. The van der Waals surface area contributed by atoms with Crippen molar-refractivity contribution in [2.45, 2.75) is 27.2 Å². The summed E-state index contributed by atoms with van der Waals surface area (Å²) in [6.45, 7) is 7.17. The van der Waals surface area contributed by atoms with E-state index in [4.69, 9.17) is 4.74 Å². The van der Waals surface area contributed by atoms with Crippen LogP contribution in [0.15, 0.2) is 36.7 Å². The lowest BCUT2D eigenvalue weighted by Gasteiger charge is -2.10. The Morgan fingerprint density at radius 2 is 1.83 bits per heavy atom. The average molecular weight is 329 g/mol. The molecular weight excluding hydrogens is 302 g/mol. The van der Waals surface area contributed by atoms with Gasteiger partial charge in [-0.25, -0.2) is 9.97 Å². The molecule has 0 saturated carbocycles. The number of benzene rings is 1. The van der Waals surface area contributed by atoms with Crippen LogP contribution in [-0.4, -0.2) is 47.9 Å². The predicted molar refractivity (Wildman–Crippen MR) is 97.5 cm³/mol. The third-order valence-electron chi connectivity index (χ3n) is 3.17. The molecule has 0 amide bonds. The van der Waals surface area contributed by atoms with Crippen molar-refractivity contribution in [3.05, 3.63) is 42.2 Å². The van der Waals surface area contributed by atoms with Gasteiger partial charge in [0.25, 0.3) is 0 Å². The number of ether oxygens (including phenoxy) is 1. The van der Waals surface area contributed by atoms with Crippen molar-refractivity contribution >= 4 is 5.78 Å². The Hall–Kier alpha value is -2.27. The van der Waals surface area contributed by atoms with E-state index in [2.05, 4.69) is 14.9 Å². The summed E-state index contributed by atoms with van der Waals surface area (Å²) in [6, 6.07) is 7.31. The van der Waals surface area contributed by atoms with Crippen molar-refractivity contribution in [1.29, 1.82) is 0 Å². The zero-order valence-electron chi connectivity index (χ0n) is 15.2. The second-order valence-corrected chi connectivity index (χ2v) is 5.38. The van der Waals surface area contributed by atoms with Crippen LogP contribution in [-0.2, 0) is 0 Å². The van der Waals surface area contributed by atoms with Crippen molar-refractivity contribution in [2.24, 2.45) is 0 Å². The third kappa shape index (κ3) is 6.46. The SMILES string of the molecule is CC.CC(=O)c1cccc(-c2ncc(OCCCN(C)C)cn2)c1. The van der Waals surface area contributed by atoms with E-state index in [9.17, 15) is 4.79 Å². The number of hydrogen-bond donors (Lipinski definition) is 0. The van der Waals surface area contributed by atoms with Crippen LogP contribution < -0.4 is 4.74 Å². The molecule has 0 atom stereocenters. The smallest absolute Gasteiger partial charge is 0.159 e. The average Bonchev–Trinajstić information content (AvgIpc) is 2.61. The van der Waals surface area contributed by atoms with E-state index in [0.29, 0.717) is 23.7 Å². The molecule has 0 aliphatic rings. The Balaban J connectivity index is 0.00000139. The standard InChI is InChI=1S/C17H21N3O2.C2H6/c1-13(21)14-6-4-7-15(10-14)17-18-11-16(12-19-17)22-9-5-8-20(2)3;1-2/h4,6-7,10-12H,5,8-9H2,1-3H3;1-2H3. The molecule has 1 heterocycles. The molecule has 0 aliphatic heterocycles. The molecule has 5 heteroatoms. The van der Waals surface area contributed by atoms with Crippen LogP contribution in [0.25, 0.3) is 11.4 Å². The number of aromatic nitrogens is 2. The largest absolute Gasteiger partial charge is 0.490 e. The first-order valence-electron chi connectivity index (χ1n) is 8.27. The lowest BCUT2D eigenvalue weighted by molar-refractivity contribution is 0.101. The molecule has 0 unspecified atom stereocenters. The van der Waals surface area contributed by atoms with Crippen molar-refractivity contribution in [3.8, 4) is 17.1 Å². The highest BCUT2D eigenvalue weighted by atomic mass is 16.5. The van der Waals surface area contributed by atoms with Gasteiger partial charge in [-0.15, -0.1) is 0 Å². The molecule has 1 aromatic heterocycles. The Kier molecular flexibility index (Phi) is 8.65. The van der Waals surface area contributed by atoms with Crippen molar-refractivity contribution in [2.75, 3.05) is 27.2 Å². The van der Waals surface area contributed by atoms with Gasteiger partial charge in [-0.05, 0) is 33.5 Å². The van der Waals surface area contributed by atoms with Crippen LogP contribution in [0.3, 0.4) is 0 Å². The molecule has 24 heavy (non-hydrogen) atoms. The number of hydrogen-bond acceptors (Lipinski definition) is 5. The van der Waals surface area contributed by atoms with Crippen LogP contribution in [0.5, 0.6) is 5.75 Å². The minimum atomic E-state index is 0.0303. The van der Waals surface area contributed by atoms with E-state index in [-0.39, 0.29) is 5.78 Å². The monoisotopic (exact) mass is 329 g/mol. The van der Waals surface area contributed by atoms with Crippen molar-refractivity contribution in [1.82, 2.24) is 14.9 Å². The second kappa shape index (κ2) is 10.5. The van der Waals surface area contributed by atoms with E-state index in [1.54, 1.807) is 31.5 Å². The van der Waals surface area contributed by atoms with Gasteiger partial charge in [0.1, 0.15) is 0 Å². The van der Waals surface area contributed by atoms with E-state index in [0.717, 1.165) is 18.5 Å². The summed E-state index contributed by atoms with van der Waals surface area (Å²) >= 11 is 0. The van der Waals surface area contributed by atoms with Gasteiger partial charge >= 0.3 is 0 Å². The summed E-state index contributed by atoms with van der Waals surface area (Å²) in [5, 5.41) is 0. The van der Waals surface area contributed by atoms with Gasteiger partial charge in [0.05, 0.1) is 19.0 Å². The van der Waals surface area contributed by atoms with E-state index >= 15 is 0 Å². The molecule has 130 valence electrons. The van der Waals surface area contributed by atoms with Crippen LogP contribution in [0.4, 0.5) is 0 Å². The van der Waals surface area contributed by atoms with Gasteiger partial charge < -0.3 is 9.64 Å². The van der Waals surface area contributed by atoms with Gasteiger partial charge in [-0.2, -0.15) is 0 Å². The summed E-state index contributed by atoms with van der Waals surface area (Å²) in [5.41, 5.74) is 1.48. The zero-order valence-corrected chi connectivity index (χ0v) is 15.2. The summed E-state index contributed by atoms with van der Waals surface area (Å²) in [6.07, 6.45) is 4.28. The maximum absolute atomic E-state index is 11.4. The number of ketones is 1. The molecule has 0 aliphatic carbocycles. The van der Waals surface area contributed by atoms with Crippen molar-refractivity contribution in [3.63, 3.8) is 0 Å². The third-order valence-corrected chi connectivity index (χ3v) is 3.17. The summed E-state index contributed by atoms with van der Waals surface area (Å²) in [7, 11) is 4.07. The molecule has 0 radical (unpaired) electrons. The zero-order chi connectivity index (χ0) is 17.9. The Bertz CT molecular complexity index is 625. The van der Waals surface area contributed by atoms with Gasteiger partial charge in [0.2, 0.25) is 0 Å². The summed E-state index contributed by atoms with van der Waals surface area (Å²) in [5.74, 6) is 1.27.